The van der Waals surface area contributed by atoms with E-state index in [1.807, 2.05) is 20.8 Å². The van der Waals surface area contributed by atoms with Gasteiger partial charge in [-0.15, -0.1) is 5.10 Å². The highest BCUT2D eigenvalue weighted by Crippen LogP contribution is 2.30. The fourth-order valence-corrected chi connectivity index (χ4v) is 3.02. The molecule has 0 aliphatic rings. The number of benzene rings is 1. The molecule has 0 bridgehead atoms. The Labute approximate surface area is 139 Å². The van der Waals surface area contributed by atoms with E-state index < -0.39 is 0 Å². The molecule has 1 heterocycles. The standard InChI is InChI=1S/C15H20N4O3S/c1-9(2)19-15(16-17-18-19)23-10(3)14(20)11-6-7-12(21-4)13(8-11)22-5/h6-10H,1-5H3/t10-/m0/s1. The molecule has 2 rings (SSSR count). The van der Waals surface area contributed by atoms with Gasteiger partial charge in [0.1, 0.15) is 0 Å². The number of ether oxygens (including phenoxy) is 2. The van der Waals surface area contributed by atoms with Gasteiger partial charge in [-0.2, -0.15) is 0 Å². The molecule has 23 heavy (non-hydrogen) atoms. The smallest absolute Gasteiger partial charge is 0.210 e. The molecule has 1 aromatic carbocycles. The number of hydrogen-bond donors (Lipinski definition) is 0. The van der Waals surface area contributed by atoms with E-state index in [1.165, 1.54) is 11.8 Å². The fraction of sp³-hybridized carbons (Fsp3) is 0.467. The molecule has 0 spiro atoms. The second kappa shape index (κ2) is 7.45. The van der Waals surface area contributed by atoms with Gasteiger partial charge in [-0.05, 0) is 49.4 Å². The largest absolute Gasteiger partial charge is 0.493 e. The Bertz CT molecular complexity index is 687. The predicted octanol–water partition coefficient (Wildman–Crippen LogP) is 2.63. The minimum atomic E-state index is -0.323. The first-order chi connectivity index (χ1) is 11.0. The van der Waals surface area contributed by atoms with Crippen molar-refractivity contribution in [1.29, 1.82) is 0 Å². The molecule has 8 heteroatoms. The van der Waals surface area contributed by atoms with Crippen LogP contribution in [0.4, 0.5) is 0 Å². The molecule has 0 aliphatic carbocycles. The summed E-state index contributed by atoms with van der Waals surface area (Å²) < 4.78 is 12.1. The molecule has 0 N–H and O–H groups in total. The number of aromatic nitrogens is 4. The summed E-state index contributed by atoms with van der Waals surface area (Å²) in [5, 5.41) is 11.9. The van der Waals surface area contributed by atoms with Crippen LogP contribution in [0.25, 0.3) is 0 Å². The number of tetrazole rings is 1. The van der Waals surface area contributed by atoms with Crippen molar-refractivity contribution in [3.8, 4) is 11.5 Å². The normalized spacial score (nSPS) is 12.3. The summed E-state index contributed by atoms with van der Waals surface area (Å²) in [6.07, 6.45) is 0. The zero-order valence-electron chi connectivity index (χ0n) is 13.8. The Morgan fingerprint density at radius 2 is 1.87 bits per heavy atom. The van der Waals surface area contributed by atoms with Crippen LogP contribution in [0.5, 0.6) is 11.5 Å². The minimum absolute atomic E-state index is 0.0192. The summed E-state index contributed by atoms with van der Waals surface area (Å²) in [7, 11) is 3.10. The van der Waals surface area contributed by atoms with Gasteiger partial charge in [0.2, 0.25) is 5.16 Å². The summed E-state index contributed by atoms with van der Waals surface area (Å²) >= 11 is 1.34. The van der Waals surface area contributed by atoms with E-state index in [-0.39, 0.29) is 17.1 Å². The van der Waals surface area contributed by atoms with Crippen LogP contribution in [0.2, 0.25) is 0 Å². The quantitative estimate of drug-likeness (QED) is 0.568. The molecule has 0 amide bonds. The number of ketones is 1. The van der Waals surface area contributed by atoms with Gasteiger partial charge in [-0.1, -0.05) is 11.8 Å². The van der Waals surface area contributed by atoms with E-state index in [4.69, 9.17) is 9.47 Å². The summed E-state index contributed by atoms with van der Waals surface area (Å²) in [4.78, 5) is 12.6. The van der Waals surface area contributed by atoms with E-state index in [0.717, 1.165) is 0 Å². The summed E-state index contributed by atoms with van der Waals surface area (Å²) in [6, 6.07) is 5.27. The van der Waals surface area contributed by atoms with Crippen molar-refractivity contribution in [3.63, 3.8) is 0 Å². The number of carbonyl (C=O) groups excluding carboxylic acids is 1. The third-order valence-electron chi connectivity index (χ3n) is 3.27. The van der Waals surface area contributed by atoms with Gasteiger partial charge < -0.3 is 9.47 Å². The van der Waals surface area contributed by atoms with Crippen molar-refractivity contribution in [2.45, 2.75) is 37.2 Å². The van der Waals surface area contributed by atoms with Crippen LogP contribution in [0.3, 0.4) is 0 Å². The van der Waals surface area contributed by atoms with Crippen LogP contribution in [-0.2, 0) is 0 Å². The van der Waals surface area contributed by atoms with Crippen molar-refractivity contribution in [1.82, 2.24) is 20.2 Å². The lowest BCUT2D eigenvalue weighted by molar-refractivity contribution is 0.0993. The average Bonchev–Trinajstić information content (AvgIpc) is 3.01. The Morgan fingerprint density at radius 3 is 2.48 bits per heavy atom. The van der Waals surface area contributed by atoms with E-state index in [0.29, 0.717) is 22.2 Å². The topological polar surface area (TPSA) is 79.1 Å². The van der Waals surface area contributed by atoms with Crippen molar-refractivity contribution >= 4 is 17.5 Å². The SMILES string of the molecule is COc1ccc(C(=O)[C@H](C)Sc2nnnn2C(C)C)cc1OC. The molecular weight excluding hydrogens is 316 g/mol. The Kier molecular flexibility index (Phi) is 5.59. The van der Waals surface area contributed by atoms with Crippen LogP contribution in [0.1, 0.15) is 37.2 Å². The first-order valence-corrected chi connectivity index (χ1v) is 8.06. The van der Waals surface area contributed by atoms with Gasteiger partial charge in [-0.25, -0.2) is 4.68 Å². The van der Waals surface area contributed by atoms with Crippen LogP contribution >= 0.6 is 11.8 Å². The van der Waals surface area contributed by atoms with Gasteiger partial charge in [0.05, 0.1) is 25.5 Å². The number of hydrogen-bond acceptors (Lipinski definition) is 7. The summed E-state index contributed by atoms with van der Waals surface area (Å²) in [5.74, 6) is 1.10. The van der Waals surface area contributed by atoms with Crippen molar-refractivity contribution in [2.24, 2.45) is 0 Å². The molecule has 1 atom stereocenters. The van der Waals surface area contributed by atoms with Gasteiger partial charge >= 0.3 is 0 Å². The Balaban J connectivity index is 2.18. The molecule has 0 aliphatic heterocycles. The number of Topliss-reactive ketones (excluding diaryl/α,β-unsaturated/α-hetero) is 1. The highest BCUT2D eigenvalue weighted by Gasteiger charge is 2.21. The zero-order valence-corrected chi connectivity index (χ0v) is 14.6. The maximum atomic E-state index is 12.6. The fourth-order valence-electron chi connectivity index (χ4n) is 2.02. The van der Waals surface area contributed by atoms with E-state index in [1.54, 1.807) is 37.1 Å². The molecule has 1 aromatic heterocycles. The Morgan fingerprint density at radius 1 is 1.17 bits per heavy atom. The molecule has 0 unspecified atom stereocenters. The van der Waals surface area contributed by atoms with Crippen molar-refractivity contribution < 1.29 is 14.3 Å². The number of methoxy groups -OCH3 is 2. The zero-order chi connectivity index (χ0) is 17.0. The highest BCUT2D eigenvalue weighted by atomic mass is 32.2. The summed E-state index contributed by atoms with van der Waals surface area (Å²) in [5.41, 5.74) is 0.561. The van der Waals surface area contributed by atoms with Crippen molar-refractivity contribution in [3.05, 3.63) is 23.8 Å². The highest BCUT2D eigenvalue weighted by molar-refractivity contribution is 8.00. The lowest BCUT2D eigenvalue weighted by Crippen LogP contribution is -2.15. The van der Waals surface area contributed by atoms with E-state index in [9.17, 15) is 4.79 Å². The van der Waals surface area contributed by atoms with Crippen LogP contribution in [0, 0.1) is 0 Å². The monoisotopic (exact) mass is 336 g/mol. The number of nitrogens with zero attached hydrogens (tertiary/aromatic N) is 4. The third-order valence-corrected chi connectivity index (χ3v) is 4.32. The third kappa shape index (κ3) is 3.82. The summed E-state index contributed by atoms with van der Waals surface area (Å²) in [6.45, 7) is 5.81. The number of carbonyl (C=O) groups is 1. The first-order valence-electron chi connectivity index (χ1n) is 7.18. The predicted molar refractivity (Wildman–Crippen MR) is 87.4 cm³/mol. The second-order valence-electron chi connectivity index (χ2n) is 5.19. The number of rotatable bonds is 7. The van der Waals surface area contributed by atoms with Gasteiger partial charge in [-0.3, -0.25) is 4.79 Å². The van der Waals surface area contributed by atoms with Gasteiger partial charge in [0.15, 0.2) is 17.3 Å². The van der Waals surface area contributed by atoms with Crippen molar-refractivity contribution in [2.75, 3.05) is 14.2 Å². The molecule has 0 saturated carbocycles. The molecule has 0 saturated heterocycles. The Hall–Kier alpha value is -2.09. The van der Waals surface area contributed by atoms with Gasteiger partial charge in [0.25, 0.3) is 0 Å². The molecule has 7 nitrogen and oxygen atoms in total. The molecular formula is C15H20N4O3S. The maximum Gasteiger partial charge on any atom is 0.210 e. The maximum absolute atomic E-state index is 12.6. The number of thioether (sulfide) groups is 1. The lowest BCUT2D eigenvalue weighted by Gasteiger charge is -2.13. The second-order valence-corrected chi connectivity index (χ2v) is 6.50. The van der Waals surface area contributed by atoms with E-state index in [2.05, 4.69) is 15.5 Å². The molecule has 2 aromatic rings. The van der Waals surface area contributed by atoms with Crippen LogP contribution in [0.15, 0.2) is 23.4 Å². The van der Waals surface area contributed by atoms with Gasteiger partial charge in [0, 0.05) is 5.56 Å². The molecule has 0 fully saturated rings. The molecule has 124 valence electrons. The minimum Gasteiger partial charge on any atom is -0.493 e. The lowest BCUT2D eigenvalue weighted by atomic mass is 10.1. The first kappa shape index (κ1) is 17.3. The van der Waals surface area contributed by atoms with Crippen LogP contribution in [-0.4, -0.2) is 45.5 Å². The molecule has 0 radical (unpaired) electrons. The average molecular weight is 336 g/mol. The van der Waals surface area contributed by atoms with Crippen LogP contribution < -0.4 is 9.47 Å². The van der Waals surface area contributed by atoms with E-state index >= 15 is 0 Å².